The number of carbonyl (C=O) groups is 2. The van der Waals surface area contributed by atoms with Gasteiger partial charge in [-0.25, -0.2) is 0 Å². The number of anilines is 1. The molecule has 0 spiro atoms. The third-order valence-corrected chi connectivity index (χ3v) is 4.46. The van der Waals surface area contributed by atoms with Crippen LogP contribution in [-0.2, 0) is 0 Å². The molecule has 0 radical (unpaired) electrons. The predicted molar refractivity (Wildman–Crippen MR) is 103 cm³/mol. The third kappa shape index (κ3) is 2.58. The number of aldehydes is 1. The summed E-state index contributed by atoms with van der Waals surface area (Å²) in [6.45, 7) is 0. The summed E-state index contributed by atoms with van der Waals surface area (Å²) in [4.78, 5) is 24.3. The zero-order chi connectivity index (χ0) is 18.1. The van der Waals surface area contributed by atoms with Crippen LogP contribution < -0.4 is 5.32 Å². The van der Waals surface area contributed by atoms with Gasteiger partial charge in [-0.05, 0) is 28.3 Å². The standard InChI is InChI=1S/C22H15NO3/c24-13-19-16-9-3-2-7-15(16)12-18(21(19)25)22(26)23-20-11-5-8-14-6-1-4-10-17(14)20/h1-13,25H,(H,23,26). The second kappa shape index (κ2) is 6.33. The molecule has 0 unspecified atom stereocenters. The predicted octanol–water partition coefficient (Wildman–Crippen LogP) is 4.76. The Labute approximate surface area is 149 Å². The number of hydrogen-bond donors (Lipinski definition) is 2. The van der Waals surface area contributed by atoms with Gasteiger partial charge in [0.2, 0.25) is 0 Å². The molecule has 4 heteroatoms. The normalized spacial score (nSPS) is 10.8. The Morgan fingerprint density at radius 1 is 0.846 bits per heavy atom. The van der Waals surface area contributed by atoms with E-state index in [1.807, 2.05) is 42.5 Å². The van der Waals surface area contributed by atoms with Crippen LogP contribution in [0.25, 0.3) is 21.5 Å². The van der Waals surface area contributed by atoms with Crippen LogP contribution >= 0.6 is 0 Å². The molecule has 4 aromatic carbocycles. The van der Waals surface area contributed by atoms with Crippen molar-refractivity contribution in [1.29, 1.82) is 0 Å². The van der Waals surface area contributed by atoms with Gasteiger partial charge in [0.25, 0.3) is 5.91 Å². The molecular formula is C22H15NO3. The van der Waals surface area contributed by atoms with Crippen LogP contribution in [-0.4, -0.2) is 17.3 Å². The van der Waals surface area contributed by atoms with E-state index >= 15 is 0 Å². The lowest BCUT2D eigenvalue weighted by molar-refractivity contribution is 0.102. The Kier molecular flexibility index (Phi) is 3.86. The summed E-state index contributed by atoms with van der Waals surface area (Å²) in [7, 11) is 0. The van der Waals surface area contributed by atoms with Crippen LogP contribution in [0.5, 0.6) is 5.75 Å². The lowest BCUT2D eigenvalue weighted by Crippen LogP contribution is -2.13. The monoisotopic (exact) mass is 341 g/mol. The van der Waals surface area contributed by atoms with Crippen molar-refractivity contribution in [3.05, 3.63) is 83.9 Å². The lowest BCUT2D eigenvalue weighted by Gasteiger charge is -2.12. The number of amides is 1. The van der Waals surface area contributed by atoms with Gasteiger partial charge in [-0.3, -0.25) is 9.59 Å². The van der Waals surface area contributed by atoms with Crippen molar-refractivity contribution >= 4 is 39.4 Å². The van der Waals surface area contributed by atoms with Gasteiger partial charge in [0.1, 0.15) is 5.75 Å². The minimum atomic E-state index is -0.465. The lowest BCUT2D eigenvalue weighted by atomic mass is 9.99. The number of fused-ring (bicyclic) bond motifs is 2. The molecule has 126 valence electrons. The highest BCUT2D eigenvalue weighted by atomic mass is 16.3. The fraction of sp³-hybridized carbons (Fsp3) is 0. The zero-order valence-electron chi connectivity index (χ0n) is 13.8. The van der Waals surface area contributed by atoms with Crippen LogP contribution in [0.1, 0.15) is 20.7 Å². The molecule has 0 fully saturated rings. The average molecular weight is 341 g/mol. The Morgan fingerprint density at radius 2 is 1.50 bits per heavy atom. The van der Waals surface area contributed by atoms with Gasteiger partial charge in [-0.15, -0.1) is 0 Å². The van der Waals surface area contributed by atoms with E-state index in [2.05, 4.69) is 5.32 Å². The SMILES string of the molecule is O=Cc1c(O)c(C(=O)Nc2cccc3ccccc23)cc2ccccc12. The van der Waals surface area contributed by atoms with Crippen molar-refractivity contribution in [2.75, 3.05) is 5.32 Å². The molecule has 4 aromatic rings. The smallest absolute Gasteiger partial charge is 0.259 e. The molecule has 0 aromatic heterocycles. The minimum absolute atomic E-state index is 0.0683. The van der Waals surface area contributed by atoms with Crippen molar-refractivity contribution in [1.82, 2.24) is 0 Å². The molecule has 0 heterocycles. The molecule has 0 aliphatic rings. The topological polar surface area (TPSA) is 66.4 Å². The van der Waals surface area contributed by atoms with Gasteiger partial charge in [0, 0.05) is 11.1 Å². The first kappa shape index (κ1) is 15.8. The van der Waals surface area contributed by atoms with E-state index in [1.54, 1.807) is 30.3 Å². The molecule has 0 aliphatic heterocycles. The molecule has 0 aliphatic carbocycles. The van der Waals surface area contributed by atoms with Gasteiger partial charge in [0.05, 0.1) is 11.1 Å². The molecule has 26 heavy (non-hydrogen) atoms. The third-order valence-electron chi connectivity index (χ3n) is 4.46. The van der Waals surface area contributed by atoms with E-state index in [0.717, 1.165) is 16.2 Å². The molecule has 0 saturated carbocycles. The Morgan fingerprint density at radius 3 is 2.27 bits per heavy atom. The fourth-order valence-corrected chi connectivity index (χ4v) is 3.18. The number of carbonyl (C=O) groups excluding carboxylic acids is 2. The summed E-state index contributed by atoms with van der Waals surface area (Å²) in [5, 5.41) is 16.5. The maximum Gasteiger partial charge on any atom is 0.259 e. The number of phenolic OH excluding ortho intramolecular Hbond substituents is 1. The van der Waals surface area contributed by atoms with E-state index in [9.17, 15) is 14.7 Å². The summed E-state index contributed by atoms with van der Waals surface area (Å²) in [6.07, 6.45) is 0.576. The van der Waals surface area contributed by atoms with Gasteiger partial charge < -0.3 is 10.4 Å². The molecule has 0 bridgehead atoms. The first-order valence-corrected chi connectivity index (χ1v) is 8.18. The number of rotatable bonds is 3. The maximum atomic E-state index is 12.8. The Hall–Kier alpha value is -3.66. The highest BCUT2D eigenvalue weighted by molar-refractivity contribution is 6.14. The second-order valence-electron chi connectivity index (χ2n) is 6.01. The molecule has 4 rings (SSSR count). The van der Waals surface area contributed by atoms with Crippen LogP contribution in [0.3, 0.4) is 0 Å². The van der Waals surface area contributed by atoms with Crippen molar-refractivity contribution < 1.29 is 14.7 Å². The van der Waals surface area contributed by atoms with Crippen molar-refractivity contribution in [3.63, 3.8) is 0 Å². The average Bonchev–Trinajstić information content (AvgIpc) is 2.68. The van der Waals surface area contributed by atoms with Gasteiger partial charge in [-0.2, -0.15) is 0 Å². The minimum Gasteiger partial charge on any atom is -0.506 e. The van der Waals surface area contributed by atoms with Crippen LogP contribution in [0.15, 0.2) is 72.8 Å². The van der Waals surface area contributed by atoms with Gasteiger partial charge in [0.15, 0.2) is 6.29 Å². The van der Waals surface area contributed by atoms with E-state index in [0.29, 0.717) is 17.4 Å². The summed E-state index contributed by atoms with van der Waals surface area (Å²) >= 11 is 0. The molecular weight excluding hydrogens is 326 g/mol. The number of aromatic hydroxyl groups is 1. The van der Waals surface area contributed by atoms with Crippen LogP contribution in [0.2, 0.25) is 0 Å². The summed E-state index contributed by atoms with van der Waals surface area (Å²) in [5.41, 5.74) is 0.832. The first-order valence-electron chi connectivity index (χ1n) is 8.18. The fourth-order valence-electron chi connectivity index (χ4n) is 3.18. The zero-order valence-corrected chi connectivity index (χ0v) is 13.8. The van der Waals surface area contributed by atoms with E-state index in [1.165, 1.54) is 0 Å². The Balaban J connectivity index is 1.81. The van der Waals surface area contributed by atoms with Gasteiger partial charge >= 0.3 is 0 Å². The highest BCUT2D eigenvalue weighted by Crippen LogP contribution is 2.31. The number of hydrogen-bond acceptors (Lipinski definition) is 3. The number of nitrogens with one attached hydrogen (secondary N) is 1. The largest absolute Gasteiger partial charge is 0.506 e. The van der Waals surface area contributed by atoms with Crippen molar-refractivity contribution in [3.8, 4) is 5.75 Å². The summed E-state index contributed by atoms with van der Waals surface area (Å²) in [6, 6.07) is 22.1. The Bertz CT molecular complexity index is 1160. The summed E-state index contributed by atoms with van der Waals surface area (Å²) in [5.74, 6) is -0.774. The van der Waals surface area contributed by atoms with Crippen molar-refractivity contribution in [2.45, 2.75) is 0 Å². The number of phenols is 1. The van der Waals surface area contributed by atoms with Crippen LogP contribution in [0, 0.1) is 0 Å². The second-order valence-corrected chi connectivity index (χ2v) is 6.01. The van der Waals surface area contributed by atoms with E-state index in [4.69, 9.17) is 0 Å². The van der Waals surface area contributed by atoms with Crippen LogP contribution in [0.4, 0.5) is 5.69 Å². The molecule has 2 N–H and O–H groups in total. The quantitative estimate of drug-likeness (QED) is 0.528. The molecule has 4 nitrogen and oxygen atoms in total. The molecule has 1 amide bonds. The number of benzene rings is 4. The summed E-state index contributed by atoms with van der Waals surface area (Å²) < 4.78 is 0. The maximum absolute atomic E-state index is 12.8. The van der Waals surface area contributed by atoms with E-state index in [-0.39, 0.29) is 16.9 Å². The molecule has 0 saturated heterocycles. The van der Waals surface area contributed by atoms with Crippen molar-refractivity contribution in [2.24, 2.45) is 0 Å². The highest BCUT2D eigenvalue weighted by Gasteiger charge is 2.18. The van der Waals surface area contributed by atoms with E-state index < -0.39 is 5.91 Å². The first-order chi connectivity index (χ1) is 12.7. The van der Waals surface area contributed by atoms with Gasteiger partial charge in [-0.1, -0.05) is 60.7 Å². The molecule has 0 atom stereocenters.